The van der Waals surface area contributed by atoms with Gasteiger partial charge >= 0.3 is 0 Å². The molecule has 98 valence electrons. The van der Waals surface area contributed by atoms with Gasteiger partial charge in [0.2, 0.25) is 5.78 Å². The lowest BCUT2D eigenvalue weighted by atomic mass is 9.99. The van der Waals surface area contributed by atoms with Gasteiger partial charge < -0.3 is 20.4 Å². The molecule has 5 nitrogen and oxygen atoms in total. The average Bonchev–Trinajstić information content (AvgIpc) is 2.31. The second-order valence-corrected chi connectivity index (χ2v) is 4.21. The minimum absolute atomic E-state index is 0.0461. The highest BCUT2D eigenvalue weighted by Gasteiger charge is 2.19. The first kappa shape index (κ1) is 12.8. The molecule has 0 fully saturated rings. The first-order valence-electron chi connectivity index (χ1n) is 5.49. The Bertz CT molecular complexity index is 638. The number of rotatable bonds is 2. The number of benzene rings is 2. The fourth-order valence-electron chi connectivity index (χ4n) is 1.79. The standard InChI is InChI=1S/C14H12O5/c1-7-4-11(17)13(12(18)5-7)14(19)8-2-3-9(15)10(16)6-8/h2-6,15-18H,1H3. The van der Waals surface area contributed by atoms with Crippen LogP contribution in [-0.2, 0) is 0 Å². The molecule has 5 heteroatoms. The van der Waals surface area contributed by atoms with E-state index in [9.17, 15) is 25.2 Å². The van der Waals surface area contributed by atoms with Crippen LogP contribution in [0.3, 0.4) is 0 Å². The van der Waals surface area contributed by atoms with Crippen LogP contribution in [0.25, 0.3) is 0 Å². The van der Waals surface area contributed by atoms with Gasteiger partial charge in [0.05, 0.1) is 0 Å². The Hall–Kier alpha value is -2.69. The third-order valence-corrected chi connectivity index (χ3v) is 2.71. The minimum atomic E-state index is -0.648. The number of carbonyl (C=O) groups is 1. The summed E-state index contributed by atoms with van der Waals surface area (Å²) < 4.78 is 0. The van der Waals surface area contributed by atoms with Gasteiger partial charge in [-0.25, -0.2) is 0 Å². The quantitative estimate of drug-likeness (QED) is 0.489. The maximum absolute atomic E-state index is 12.2. The highest BCUT2D eigenvalue weighted by molar-refractivity contribution is 6.12. The number of hydrogen-bond acceptors (Lipinski definition) is 5. The second-order valence-electron chi connectivity index (χ2n) is 4.21. The summed E-state index contributed by atoms with van der Waals surface area (Å²) in [5.74, 6) is -2.12. The minimum Gasteiger partial charge on any atom is -0.507 e. The number of hydrogen-bond donors (Lipinski definition) is 4. The number of carbonyl (C=O) groups excluding carboxylic acids is 1. The van der Waals surface area contributed by atoms with E-state index in [0.29, 0.717) is 5.56 Å². The van der Waals surface area contributed by atoms with E-state index in [0.717, 1.165) is 12.1 Å². The number of aryl methyl sites for hydroxylation is 1. The van der Waals surface area contributed by atoms with Gasteiger partial charge in [0, 0.05) is 5.56 Å². The summed E-state index contributed by atoms with van der Waals surface area (Å²) in [6, 6.07) is 6.22. The van der Waals surface area contributed by atoms with Crippen molar-refractivity contribution in [1.29, 1.82) is 0 Å². The molecule has 2 aromatic carbocycles. The molecule has 0 aromatic heterocycles. The van der Waals surface area contributed by atoms with Crippen molar-refractivity contribution in [2.45, 2.75) is 6.92 Å². The van der Waals surface area contributed by atoms with Gasteiger partial charge in [0.25, 0.3) is 0 Å². The first-order chi connectivity index (χ1) is 8.90. The van der Waals surface area contributed by atoms with Gasteiger partial charge in [-0.2, -0.15) is 0 Å². The van der Waals surface area contributed by atoms with Crippen LogP contribution in [0.15, 0.2) is 30.3 Å². The molecule has 2 rings (SSSR count). The van der Waals surface area contributed by atoms with E-state index in [4.69, 9.17) is 0 Å². The number of phenols is 4. The molecule has 4 N–H and O–H groups in total. The Balaban J connectivity index is 2.53. The Kier molecular flexibility index (Phi) is 3.04. The first-order valence-corrected chi connectivity index (χ1v) is 5.49. The van der Waals surface area contributed by atoms with Crippen LogP contribution in [0.5, 0.6) is 23.0 Å². The molecule has 0 aliphatic heterocycles. The van der Waals surface area contributed by atoms with Crippen molar-refractivity contribution in [2.75, 3.05) is 0 Å². The van der Waals surface area contributed by atoms with Crippen LogP contribution in [0.2, 0.25) is 0 Å². The molecule has 0 bridgehead atoms. The van der Waals surface area contributed by atoms with E-state index in [2.05, 4.69) is 0 Å². The molecule has 0 heterocycles. The smallest absolute Gasteiger partial charge is 0.200 e. The van der Waals surface area contributed by atoms with Crippen molar-refractivity contribution in [3.8, 4) is 23.0 Å². The average molecular weight is 260 g/mol. The maximum atomic E-state index is 12.2. The summed E-state index contributed by atoms with van der Waals surface area (Å²) in [5.41, 5.74) is 0.417. The third-order valence-electron chi connectivity index (χ3n) is 2.71. The maximum Gasteiger partial charge on any atom is 0.200 e. The predicted molar refractivity (Wildman–Crippen MR) is 67.7 cm³/mol. The zero-order chi connectivity index (χ0) is 14.2. The second kappa shape index (κ2) is 4.53. The van der Waals surface area contributed by atoms with Gasteiger partial charge in [-0.3, -0.25) is 4.79 Å². The molecule has 0 amide bonds. The van der Waals surface area contributed by atoms with Crippen molar-refractivity contribution >= 4 is 5.78 Å². The molecule has 0 spiro atoms. The van der Waals surface area contributed by atoms with E-state index in [-0.39, 0.29) is 28.4 Å². The largest absolute Gasteiger partial charge is 0.507 e. The van der Waals surface area contributed by atoms with Crippen molar-refractivity contribution in [1.82, 2.24) is 0 Å². The lowest BCUT2D eigenvalue weighted by Crippen LogP contribution is -2.02. The number of ketones is 1. The molecule has 0 aliphatic carbocycles. The molecule has 0 atom stereocenters. The normalized spacial score (nSPS) is 10.4. The molecule has 0 radical (unpaired) electrons. The van der Waals surface area contributed by atoms with Gasteiger partial charge in [-0.1, -0.05) is 0 Å². The molecule has 0 saturated heterocycles. The van der Waals surface area contributed by atoms with Gasteiger partial charge in [0.15, 0.2) is 11.5 Å². The van der Waals surface area contributed by atoms with Gasteiger partial charge in [0.1, 0.15) is 17.1 Å². The summed E-state index contributed by atoms with van der Waals surface area (Å²) >= 11 is 0. The Labute approximate surface area is 109 Å². The third kappa shape index (κ3) is 2.30. The monoisotopic (exact) mass is 260 g/mol. The lowest BCUT2D eigenvalue weighted by molar-refractivity contribution is 0.103. The highest BCUT2D eigenvalue weighted by Crippen LogP contribution is 2.32. The van der Waals surface area contributed by atoms with E-state index < -0.39 is 11.5 Å². The SMILES string of the molecule is Cc1cc(O)c(C(=O)c2ccc(O)c(O)c2)c(O)c1. The zero-order valence-corrected chi connectivity index (χ0v) is 10.1. The van der Waals surface area contributed by atoms with E-state index >= 15 is 0 Å². The van der Waals surface area contributed by atoms with Crippen LogP contribution in [0.4, 0.5) is 0 Å². The van der Waals surface area contributed by atoms with E-state index in [1.165, 1.54) is 18.2 Å². The van der Waals surface area contributed by atoms with Crippen LogP contribution in [0, 0.1) is 6.92 Å². The summed E-state index contributed by atoms with van der Waals surface area (Å²) in [5, 5.41) is 38.0. The fourth-order valence-corrected chi connectivity index (χ4v) is 1.79. The van der Waals surface area contributed by atoms with Crippen molar-refractivity contribution in [2.24, 2.45) is 0 Å². The molecule has 0 aliphatic rings. The Morgan fingerprint density at radius 2 is 1.42 bits per heavy atom. The zero-order valence-electron chi connectivity index (χ0n) is 10.1. The van der Waals surface area contributed by atoms with Crippen molar-refractivity contribution < 1.29 is 25.2 Å². The van der Waals surface area contributed by atoms with E-state index in [1.54, 1.807) is 6.92 Å². The number of aromatic hydroxyl groups is 4. The Morgan fingerprint density at radius 1 is 0.842 bits per heavy atom. The lowest BCUT2D eigenvalue weighted by Gasteiger charge is -2.08. The van der Waals surface area contributed by atoms with Crippen LogP contribution < -0.4 is 0 Å². The molecular weight excluding hydrogens is 248 g/mol. The molecule has 2 aromatic rings. The van der Waals surface area contributed by atoms with Gasteiger partial charge in [-0.05, 0) is 42.8 Å². The molecule has 0 unspecified atom stereocenters. The van der Waals surface area contributed by atoms with Gasteiger partial charge in [-0.15, -0.1) is 0 Å². The van der Waals surface area contributed by atoms with Crippen LogP contribution in [0.1, 0.15) is 21.5 Å². The topological polar surface area (TPSA) is 98.0 Å². The van der Waals surface area contributed by atoms with Crippen LogP contribution >= 0.6 is 0 Å². The van der Waals surface area contributed by atoms with E-state index in [1.807, 2.05) is 0 Å². The van der Waals surface area contributed by atoms with Crippen LogP contribution in [-0.4, -0.2) is 26.2 Å². The van der Waals surface area contributed by atoms with Crippen molar-refractivity contribution in [3.05, 3.63) is 47.0 Å². The Morgan fingerprint density at radius 3 is 1.95 bits per heavy atom. The molecule has 19 heavy (non-hydrogen) atoms. The summed E-state index contributed by atoms with van der Waals surface area (Å²) in [4.78, 5) is 12.2. The molecular formula is C14H12O5. The van der Waals surface area contributed by atoms with Crippen molar-refractivity contribution in [3.63, 3.8) is 0 Å². The summed E-state index contributed by atoms with van der Waals surface area (Å²) in [6.45, 7) is 1.67. The molecule has 0 saturated carbocycles. The number of phenolic OH excluding ortho intramolecular Hbond substituents is 4. The highest BCUT2D eigenvalue weighted by atomic mass is 16.3. The predicted octanol–water partition coefficient (Wildman–Crippen LogP) is 2.05. The summed E-state index contributed by atoms with van der Waals surface area (Å²) in [6.07, 6.45) is 0. The fraction of sp³-hybridized carbons (Fsp3) is 0.0714. The summed E-state index contributed by atoms with van der Waals surface area (Å²) in [7, 11) is 0.